The zero-order valence-corrected chi connectivity index (χ0v) is 11.3. The van der Waals surface area contributed by atoms with Crippen molar-refractivity contribution in [2.45, 2.75) is 13.5 Å². The van der Waals surface area contributed by atoms with Gasteiger partial charge in [0.05, 0.1) is 13.3 Å². The zero-order chi connectivity index (χ0) is 14.5. The molecule has 0 atom stereocenters. The van der Waals surface area contributed by atoms with Gasteiger partial charge in [0.1, 0.15) is 23.7 Å². The molecule has 0 radical (unpaired) electrons. The van der Waals surface area contributed by atoms with Gasteiger partial charge in [-0.25, -0.2) is 4.79 Å². The third-order valence-corrected chi connectivity index (χ3v) is 2.78. The predicted octanol–water partition coefficient (Wildman–Crippen LogP) is 2.68. The summed E-state index contributed by atoms with van der Waals surface area (Å²) < 4.78 is 10.6. The van der Waals surface area contributed by atoms with Gasteiger partial charge in [0, 0.05) is 5.69 Å². The lowest BCUT2D eigenvalue weighted by atomic mass is 10.1. The Bertz CT molecular complexity index is 608. The summed E-state index contributed by atoms with van der Waals surface area (Å²) in [4.78, 5) is 15.2. The average Bonchev–Trinajstić information content (AvgIpc) is 2.46. The van der Waals surface area contributed by atoms with E-state index >= 15 is 0 Å². The lowest BCUT2D eigenvalue weighted by Crippen LogP contribution is -2.03. The van der Waals surface area contributed by atoms with Crippen LogP contribution in [0.1, 0.15) is 21.6 Å². The largest absolute Gasteiger partial charge is 0.496 e. The van der Waals surface area contributed by atoms with Gasteiger partial charge in [-0.2, -0.15) is 0 Å². The Labute approximate surface area is 116 Å². The van der Waals surface area contributed by atoms with Crippen molar-refractivity contribution in [1.29, 1.82) is 0 Å². The van der Waals surface area contributed by atoms with Crippen molar-refractivity contribution in [2.24, 2.45) is 0 Å². The van der Waals surface area contributed by atoms with Gasteiger partial charge in [-0.15, -0.1) is 0 Å². The predicted molar refractivity (Wildman–Crippen MR) is 73.3 cm³/mol. The fourth-order valence-electron chi connectivity index (χ4n) is 1.72. The highest BCUT2D eigenvalue weighted by Gasteiger charge is 2.11. The maximum absolute atomic E-state index is 11.1. The maximum Gasteiger partial charge on any atom is 0.339 e. The van der Waals surface area contributed by atoms with Gasteiger partial charge in [-0.1, -0.05) is 6.07 Å². The van der Waals surface area contributed by atoms with Crippen LogP contribution in [0.2, 0.25) is 0 Å². The molecule has 0 unspecified atom stereocenters. The Morgan fingerprint density at radius 3 is 2.70 bits per heavy atom. The summed E-state index contributed by atoms with van der Waals surface area (Å²) in [5.74, 6) is -0.0535. The molecular formula is C15H15NO4. The molecule has 0 aliphatic heterocycles. The minimum absolute atomic E-state index is 0.121. The van der Waals surface area contributed by atoms with E-state index in [1.54, 1.807) is 24.4 Å². The molecule has 2 aromatic rings. The minimum Gasteiger partial charge on any atom is -0.496 e. The van der Waals surface area contributed by atoms with Crippen LogP contribution in [-0.4, -0.2) is 23.2 Å². The first kappa shape index (κ1) is 13.9. The smallest absolute Gasteiger partial charge is 0.339 e. The van der Waals surface area contributed by atoms with E-state index in [9.17, 15) is 4.79 Å². The number of hydrogen-bond acceptors (Lipinski definition) is 4. The van der Waals surface area contributed by atoms with E-state index < -0.39 is 5.97 Å². The number of nitrogens with zero attached hydrogens (tertiary/aromatic N) is 1. The molecule has 1 aromatic carbocycles. The normalized spacial score (nSPS) is 10.1. The molecule has 0 aliphatic carbocycles. The van der Waals surface area contributed by atoms with Gasteiger partial charge in [-0.05, 0) is 36.8 Å². The van der Waals surface area contributed by atoms with Crippen molar-refractivity contribution >= 4 is 5.97 Å². The number of carboxylic acids is 1. The number of ether oxygens (including phenoxy) is 2. The Hall–Kier alpha value is -2.56. The third-order valence-electron chi connectivity index (χ3n) is 2.78. The topological polar surface area (TPSA) is 68.7 Å². The molecule has 0 aliphatic rings. The Balaban J connectivity index is 2.11. The van der Waals surface area contributed by atoms with E-state index in [0.29, 0.717) is 11.5 Å². The van der Waals surface area contributed by atoms with E-state index in [-0.39, 0.29) is 12.2 Å². The molecule has 5 nitrogen and oxygen atoms in total. The molecule has 0 spiro atoms. The van der Waals surface area contributed by atoms with Crippen molar-refractivity contribution < 1.29 is 19.4 Å². The number of benzene rings is 1. The SMILES string of the molecule is COc1ccc(COc2ccc(C)nc2)cc1C(=O)O. The van der Waals surface area contributed by atoms with E-state index in [4.69, 9.17) is 14.6 Å². The van der Waals surface area contributed by atoms with Crippen molar-refractivity contribution in [3.63, 3.8) is 0 Å². The molecular weight excluding hydrogens is 258 g/mol. The number of carbonyl (C=O) groups is 1. The number of aromatic nitrogens is 1. The minimum atomic E-state index is -1.03. The molecule has 0 bridgehead atoms. The molecule has 0 fully saturated rings. The second-order valence-electron chi connectivity index (χ2n) is 4.26. The molecule has 104 valence electrons. The number of carboxylic acid groups (broad SMARTS) is 1. The molecule has 5 heteroatoms. The Morgan fingerprint density at radius 2 is 2.10 bits per heavy atom. The van der Waals surface area contributed by atoms with E-state index in [0.717, 1.165) is 11.3 Å². The summed E-state index contributed by atoms with van der Waals surface area (Å²) >= 11 is 0. The standard InChI is InChI=1S/C15H15NO4/c1-10-3-5-12(8-16-10)20-9-11-4-6-14(19-2)13(7-11)15(17)18/h3-8H,9H2,1-2H3,(H,17,18). The van der Waals surface area contributed by atoms with Crippen molar-refractivity contribution in [3.05, 3.63) is 53.3 Å². The zero-order valence-electron chi connectivity index (χ0n) is 11.3. The van der Waals surface area contributed by atoms with Gasteiger partial charge in [0.15, 0.2) is 0 Å². The van der Waals surface area contributed by atoms with Crippen LogP contribution in [0.15, 0.2) is 36.5 Å². The molecule has 0 saturated carbocycles. The molecule has 1 aromatic heterocycles. The summed E-state index contributed by atoms with van der Waals surface area (Å²) in [6.07, 6.45) is 1.64. The van der Waals surface area contributed by atoms with Crippen LogP contribution >= 0.6 is 0 Å². The fraction of sp³-hybridized carbons (Fsp3) is 0.200. The van der Waals surface area contributed by atoms with Crippen molar-refractivity contribution in [1.82, 2.24) is 4.98 Å². The number of methoxy groups -OCH3 is 1. The summed E-state index contributed by atoms with van der Waals surface area (Å²) in [6, 6.07) is 8.61. The first-order chi connectivity index (χ1) is 9.60. The summed E-state index contributed by atoms with van der Waals surface area (Å²) in [6.45, 7) is 2.17. The second-order valence-corrected chi connectivity index (χ2v) is 4.26. The van der Waals surface area contributed by atoms with Crippen LogP contribution in [0.4, 0.5) is 0 Å². The lowest BCUT2D eigenvalue weighted by molar-refractivity contribution is 0.0693. The van der Waals surface area contributed by atoms with Crippen molar-refractivity contribution in [2.75, 3.05) is 7.11 Å². The Morgan fingerprint density at radius 1 is 1.30 bits per heavy atom. The Kier molecular flexibility index (Phi) is 4.20. The quantitative estimate of drug-likeness (QED) is 0.907. The lowest BCUT2D eigenvalue weighted by Gasteiger charge is -2.09. The highest BCUT2D eigenvalue weighted by Crippen LogP contribution is 2.21. The van der Waals surface area contributed by atoms with Crippen LogP contribution in [0.3, 0.4) is 0 Å². The van der Waals surface area contributed by atoms with Crippen LogP contribution in [0.5, 0.6) is 11.5 Å². The van der Waals surface area contributed by atoms with Crippen molar-refractivity contribution in [3.8, 4) is 11.5 Å². The number of rotatable bonds is 5. The summed E-state index contributed by atoms with van der Waals surface area (Å²) in [7, 11) is 1.44. The highest BCUT2D eigenvalue weighted by atomic mass is 16.5. The maximum atomic E-state index is 11.1. The molecule has 1 N–H and O–H groups in total. The van der Waals surface area contributed by atoms with E-state index in [2.05, 4.69) is 4.98 Å². The monoisotopic (exact) mass is 273 g/mol. The van der Waals surface area contributed by atoms with Gasteiger partial charge < -0.3 is 14.6 Å². The third kappa shape index (κ3) is 3.26. The average molecular weight is 273 g/mol. The van der Waals surface area contributed by atoms with Crippen LogP contribution in [0, 0.1) is 6.92 Å². The second kappa shape index (κ2) is 6.06. The van der Waals surface area contributed by atoms with Crippen LogP contribution in [-0.2, 0) is 6.61 Å². The van der Waals surface area contributed by atoms with E-state index in [1.807, 2.05) is 19.1 Å². The van der Waals surface area contributed by atoms with Gasteiger partial charge in [0.25, 0.3) is 0 Å². The number of aryl methyl sites for hydroxylation is 1. The van der Waals surface area contributed by atoms with Gasteiger partial charge >= 0.3 is 5.97 Å². The molecule has 20 heavy (non-hydrogen) atoms. The number of aromatic carboxylic acids is 1. The molecule has 0 amide bonds. The molecule has 0 saturated heterocycles. The van der Waals surface area contributed by atoms with Crippen LogP contribution < -0.4 is 9.47 Å². The molecule has 1 heterocycles. The molecule has 2 rings (SSSR count). The number of pyridine rings is 1. The first-order valence-corrected chi connectivity index (χ1v) is 6.06. The summed E-state index contributed by atoms with van der Waals surface area (Å²) in [5, 5.41) is 9.11. The van der Waals surface area contributed by atoms with Crippen LogP contribution in [0.25, 0.3) is 0 Å². The van der Waals surface area contributed by atoms with E-state index in [1.165, 1.54) is 7.11 Å². The first-order valence-electron chi connectivity index (χ1n) is 6.06. The highest BCUT2D eigenvalue weighted by molar-refractivity contribution is 5.91. The fourth-order valence-corrected chi connectivity index (χ4v) is 1.72. The summed E-state index contributed by atoms with van der Waals surface area (Å²) in [5.41, 5.74) is 1.79. The number of hydrogen-bond donors (Lipinski definition) is 1. The van der Waals surface area contributed by atoms with Gasteiger partial charge in [-0.3, -0.25) is 4.98 Å². The van der Waals surface area contributed by atoms with Gasteiger partial charge in [0.2, 0.25) is 0 Å².